The summed E-state index contributed by atoms with van der Waals surface area (Å²) in [5.74, 6) is -0.267. The van der Waals surface area contributed by atoms with E-state index >= 15 is 0 Å². The number of carbonyl (C=O) groups is 1. The Bertz CT molecular complexity index is 1370. The van der Waals surface area contributed by atoms with Crippen molar-refractivity contribution in [3.63, 3.8) is 0 Å². The van der Waals surface area contributed by atoms with Crippen LogP contribution in [0.5, 0.6) is 0 Å². The van der Waals surface area contributed by atoms with Gasteiger partial charge in [-0.15, -0.1) is 0 Å². The van der Waals surface area contributed by atoms with E-state index in [4.69, 9.17) is 0 Å². The van der Waals surface area contributed by atoms with Crippen molar-refractivity contribution in [1.82, 2.24) is 14.1 Å². The van der Waals surface area contributed by atoms with Crippen LogP contribution in [0.3, 0.4) is 0 Å². The van der Waals surface area contributed by atoms with Gasteiger partial charge in [0, 0.05) is 11.0 Å². The Hall–Kier alpha value is -2.82. The zero-order valence-electron chi connectivity index (χ0n) is 16.9. The lowest BCUT2D eigenvalue weighted by Gasteiger charge is -2.16. The molecule has 164 valence electrons. The first-order valence-electron chi connectivity index (χ1n) is 9.72. The molecule has 1 heterocycles. The van der Waals surface area contributed by atoms with Crippen LogP contribution in [0.15, 0.2) is 76.1 Å². The lowest BCUT2D eigenvalue weighted by Crippen LogP contribution is -2.28. The molecule has 0 saturated heterocycles. The molecule has 2 N–H and O–H groups in total. The molecule has 3 aromatic carbocycles. The molecule has 1 atom stereocenters. The molecule has 4 aromatic rings. The molecule has 0 spiro atoms. The van der Waals surface area contributed by atoms with Gasteiger partial charge in [-0.25, -0.2) is 8.42 Å². The predicted molar refractivity (Wildman–Crippen MR) is 130 cm³/mol. The molecule has 7 nitrogen and oxygen atoms in total. The highest BCUT2D eigenvalue weighted by Gasteiger charge is 2.23. The molecule has 0 bridgehead atoms. The third-order valence-electron chi connectivity index (χ3n) is 4.95. The summed E-state index contributed by atoms with van der Waals surface area (Å²) in [6.07, 6.45) is 0. The minimum atomic E-state index is -4.00. The summed E-state index contributed by atoms with van der Waals surface area (Å²) in [4.78, 5) is 12.9. The van der Waals surface area contributed by atoms with Crippen molar-refractivity contribution in [2.45, 2.75) is 17.7 Å². The van der Waals surface area contributed by atoms with Gasteiger partial charge in [-0.3, -0.25) is 9.52 Å². The molecular weight excluding hydrogens is 512 g/mol. The zero-order chi connectivity index (χ0) is 22.7. The number of carbonyl (C=O) groups excluding carboxylic acids is 1. The number of sulfonamides is 1. The third-order valence-corrected chi connectivity index (χ3v) is 7.38. The number of rotatable bonds is 7. The van der Waals surface area contributed by atoms with Crippen molar-refractivity contribution in [3.05, 3.63) is 82.3 Å². The standard InChI is InChI=1S/C22H19BrN4O3S2/c1-14(15-6-3-2-4-7-15)13-24-22(28)17-11-10-16(23)12-19(17)27-32(29,30)20-9-5-8-18-21(20)26-31-25-18/h2-12,14,27H,13H2,1H3,(H,24,28)/t14-/m1/s1. The Morgan fingerprint density at radius 2 is 1.84 bits per heavy atom. The number of nitrogens with zero attached hydrogens (tertiary/aromatic N) is 2. The average Bonchev–Trinajstić information content (AvgIpc) is 3.26. The van der Waals surface area contributed by atoms with Gasteiger partial charge in [0.25, 0.3) is 15.9 Å². The summed E-state index contributed by atoms with van der Waals surface area (Å²) in [5.41, 5.74) is 2.29. The Kier molecular flexibility index (Phi) is 6.54. The van der Waals surface area contributed by atoms with E-state index < -0.39 is 10.0 Å². The molecule has 0 radical (unpaired) electrons. The lowest BCUT2D eigenvalue weighted by atomic mass is 10.0. The van der Waals surface area contributed by atoms with E-state index in [2.05, 4.69) is 34.7 Å². The van der Waals surface area contributed by atoms with Crippen molar-refractivity contribution in [3.8, 4) is 0 Å². The smallest absolute Gasteiger partial charge is 0.264 e. The SMILES string of the molecule is C[C@H](CNC(=O)c1ccc(Br)cc1NS(=O)(=O)c1cccc2nsnc12)c1ccccc1. The van der Waals surface area contributed by atoms with Crippen LogP contribution in [-0.4, -0.2) is 29.6 Å². The highest BCUT2D eigenvalue weighted by Crippen LogP contribution is 2.27. The summed E-state index contributed by atoms with van der Waals surface area (Å²) in [5, 5.41) is 2.90. The number of halogens is 1. The molecule has 0 aliphatic carbocycles. The van der Waals surface area contributed by atoms with E-state index in [1.165, 1.54) is 6.07 Å². The summed E-state index contributed by atoms with van der Waals surface area (Å²) in [7, 11) is -4.00. The van der Waals surface area contributed by atoms with Crippen molar-refractivity contribution in [1.29, 1.82) is 0 Å². The van der Waals surface area contributed by atoms with E-state index in [1.54, 1.807) is 30.3 Å². The first-order chi connectivity index (χ1) is 15.3. The van der Waals surface area contributed by atoms with Crippen LogP contribution in [-0.2, 0) is 10.0 Å². The molecule has 10 heteroatoms. The van der Waals surface area contributed by atoms with Gasteiger partial charge in [-0.2, -0.15) is 8.75 Å². The third kappa shape index (κ3) is 4.82. The molecule has 4 rings (SSSR count). The number of hydrogen-bond donors (Lipinski definition) is 2. The molecule has 1 aromatic heterocycles. The van der Waals surface area contributed by atoms with Crippen molar-refractivity contribution >= 4 is 60.3 Å². The summed E-state index contributed by atoms with van der Waals surface area (Å²) in [6.45, 7) is 2.43. The monoisotopic (exact) mass is 530 g/mol. The fourth-order valence-electron chi connectivity index (χ4n) is 3.24. The Labute approximate surface area is 198 Å². The van der Waals surface area contributed by atoms with Crippen LogP contribution in [0, 0.1) is 0 Å². The van der Waals surface area contributed by atoms with Crippen LogP contribution in [0.1, 0.15) is 28.8 Å². The largest absolute Gasteiger partial charge is 0.351 e. The Morgan fingerprint density at radius 1 is 1.06 bits per heavy atom. The van der Waals surface area contributed by atoms with Gasteiger partial charge < -0.3 is 5.32 Å². The number of hydrogen-bond acceptors (Lipinski definition) is 6. The highest BCUT2D eigenvalue weighted by atomic mass is 79.9. The normalized spacial score (nSPS) is 12.4. The zero-order valence-corrected chi connectivity index (χ0v) is 20.2. The first-order valence-corrected chi connectivity index (χ1v) is 12.7. The van der Waals surface area contributed by atoms with Gasteiger partial charge in [0.2, 0.25) is 0 Å². The van der Waals surface area contributed by atoms with E-state index in [1.807, 2.05) is 37.3 Å². The maximum atomic E-state index is 13.1. The van der Waals surface area contributed by atoms with Gasteiger partial charge >= 0.3 is 0 Å². The van der Waals surface area contributed by atoms with Gasteiger partial charge in [0.05, 0.1) is 23.0 Å². The first kappa shape index (κ1) is 22.4. The van der Waals surface area contributed by atoms with Crippen LogP contribution in [0.4, 0.5) is 5.69 Å². The summed E-state index contributed by atoms with van der Waals surface area (Å²) < 4.78 is 37.6. The number of anilines is 1. The molecule has 32 heavy (non-hydrogen) atoms. The summed E-state index contributed by atoms with van der Waals surface area (Å²) in [6, 6.07) is 19.5. The minimum absolute atomic E-state index is 0.00721. The molecule has 0 aliphatic rings. The van der Waals surface area contributed by atoms with Gasteiger partial charge in [0.1, 0.15) is 15.9 Å². The van der Waals surface area contributed by atoms with Crippen molar-refractivity contribution in [2.75, 3.05) is 11.3 Å². The van der Waals surface area contributed by atoms with E-state index in [9.17, 15) is 13.2 Å². The predicted octanol–water partition coefficient (Wildman–Crippen LogP) is 4.79. The molecule has 0 fully saturated rings. The van der Waals surface area contributed by atoms with Crippen molar-refractivity contribution < 1.29 is 13.2 Å². The second kappa shape index (κ2) is 9.35. The van der Waals surface area contributed by atoms with Gasteiger partial charge in [-0.1, -0.05) is 59.3 Å². The van der Waals surface area contributed by atoms with Crippen LogP contribution in [0.2, 0.25) is 0 Å². The van der Waals surface area contributed by atoms with Crippen LogP contribution < -0.4 is 10.0 Å². The molecular formula is C22H19BrN4O3S2. The van der Waals surface area contributed by atoms with Crippen LogP contribution in [0.25, 0.3) is 11.0 Å². The number of nitrogens with one attached hydrogen (secondary N) is 2. The quantitative estimate of drug-likeness (QED) is 0.357. The van der Waals surface area contributed by atoms with Crippen LogP contribution >= 0.6 is 27.7 Å². The molecule has 0 aliphatic heterocycles. The number of fused-ring (bicyclic) bond motifs is 1. The lowest BCUT2D eigenvalue weighted by molar-refractivity contribution is 0.0952. The van der Waals surface area contributed by atoms with E-state index in [0.29, 0.717) is 22.1 Å². The van der Waals surface area contributed by atoms with E-state index in [0.717, 1.165) is 17.3 Å². The second-order valence-electron chi connectivity index (χ2n) is 7.21. The maximum Gasteiger partial charge on any atom is 0.264 e. The fraction of sp³-hybridized carbons (Fsp3) is 0.136. The van der Waals surface area contributed by atoms with Gasteiger partial charge in [-0.05, 0) is 41.8 Å². The Morgan fingerprint density at radius 3 is 2.62 bits per heavy atom. The number of aromatic nitrogens is 2. The van der Waals surface area contributed by atoms with E-state index in [-0.39, 0.29) is 28.0 Å². The maximum absolute atomic E-state index is 13.1. The number of benzene rings is 3. The second-order valence-corrected chi connectivity index (χ2v) is 10.3. The topological polar surface area (TPSA) is 101 Å². The summed E-state index contributed by atoms with van der Waals surface area (Å²) >= 11 is 4.29. The van der Waals surface area contributed by atoms with Gasteiger partial charge in [0.15, 0.2) is 0 Å². The minimum Gasteiger partial charge on any atom is -0.351 e. The van der Waals surface area contributed by atoms with Crippen molar-refractivity contribution in [2.24, 2.45) is 0 Å². The Balaban J connectivity index is 1.58. The molecule has 1 amide bonds. The fourth-order valence-corrected chi connectivity index (χ4v) is 5.44. The number of amides is 1. The average molecular weight is 531 g/mol. The molecule has 0 saturated carbocycles. The molecule has 0 unspecified atom stereocenters. The highest BCUT2D eigenvalue weighted by molar-refractivity contribution is 9.10.